The van der Waals surface area contributed by atoms with E-state index in [4.69, 9.17) is 19.9 Å². The Hall–Kier alpha value is -3.58. The number of amides is 1. The van der Waals surface area contributed by atoms with Crippen LogP contribution in [0.2, 0.25) is 0 Å². The minimum absolute atomic E-state index is 0.309. The molecular weight excluding hydrogens is 382 g/mol. The Balaban J connectivity index is 1.69. The minimum Gasteiger partial charge on any atom is -0.496 e. The summed E-state index contributed by atoms with van der Waals surface area (Å²) in [7, 11) is 3.18. The highest BCUT2D eigenvalue weighted by Crippen LogP contribution is 2.37. The van der Waals surface area contributed by atoms with Crippen LogP contribution in [0.1, 0.15) is 21.5 Å². The van der Waals surface area contributed by atoms with E-state index >= 15 is 0 Å². The van der Waals surface area contributed by atoms with Crippen molar-refractivity contribution in [2.45, 2.75) is 13.0 Å². The molecule has 0 bridgehead atoms. The van der Waals surface area contributed by atoms with Crippen LogP contribution in [-0.4, -0.2) is 31.7 Å². The highest BCUT2D eigenvalue weighted by atomic mass is 16.5. The van der Waals surface area contributed by atoms with Crippen molar-refractivity contribution >= 4 is 5.91 Å². The van der Waals surface area contributed by atoms with E-state index in [1.807, 2.05) is 24.3 Å². The number of rotatable bonds is 10. The molecule has 0 radical (unpaired) electrons. The van der Waals surface area contributed by atoms with E-state index in [-0.39, 0.29) is 0 Å². The van der Waals surface area contributed by atoms with E-state index in [9.17, 15) is 4.79 Å². The predicted molar refractivity (Wildman–Crippen MR) is 114 cm³/mol. The predicted octanol–water partition coefficient (Wildman–Crippen LogP) is 3.32. The molecule has 0 spiro atoms. The van der Waals surface area contributed by atoms with Gasteiger partial charge in [-0.15, -0.1) is 0 Å². The van der Waals surface area contributed by atoms with Crippen LogP contribution < -0.4 is 25.3 Å². The molecule has 0 saturated carbocycles. The van der Waals surface area contributed by atoms with Crippen LogP contribution in [0.25, 0.3) is 0 Å². The van der Waals surface area contributed by atoms with E-state index in [0.717, 1.165) is 18.5 Å². The van der Waals surface area contributed by atoms with Crippen molar-refractivity contribution in [1.29, 1.82) is 0 Å². The lowest BCUT2D eigenvalue weighted by atomic mass is 10.1. The average Bonchev–Trinajstić information content (AvgIpc) is 2.78. The summed E-state index contributed by atoms with van der Waals surface area (Å²) in [5.41, 5.74) is 7.78. The fourth-order valence-electron chi connectivity index (χ4n) is 2.95. The number of primary amides is 1. The number of ether oxygens (including phenoxy) is 3. The topological polar surface area (TPSA) is 95.7 Å². The number of hydrogen-bond acceptors (Lipinski definition) is 6. The summed E-state index contributed by atoms with van der Waals surface area (Å²) in [5, 5.41) is 3.43. The summed E-state index contributed by atoms with van der Waals surface area (Å²) in [4.78, 5) is 15.3. The van der Waals surface area contributed by atoms with Gasteiger partial charge in [-0.05, 0) is 30.7 Å². The largest absolute Gasteiger partial charge is 0.496 e. The molecule has 0 unspecified atom stereocenters. The molecule has 3 N–H and O–H groups in total. The molecule has 156 valence electrons. The van der Waals surface area contributed by atoms with Crippen molar-refractivity contribution in [2.24, 2.45) is 5.73 Å². The van der Waals surface area contributed by atoms with Gasteiger partial charge in [0.1, 0.15) is 5.75 Å². The summed E-state index contributed by atoms with van der Waals surface area (Å²) in [6.45, 7) is 1.46. The lowest BCUT2D eigenvalue weighted by Gasteiger charge is -2.15. The van der Waals surface area contributed by atoms with E-state index in [2.05, 4.69) is 22.4 Å². The third kappa shape index (κ3) is 5.48. The van der Waals surface area contributed by atoms with Gasteiger partial charge < -0.3 is 25.3 Å². The molecule has 0 aliphatic rings. The van der Waals surface area contributed by atoms with Crippen molar-refractivity contribution < 1.29 is 19.0 Å². The summed E-state index contributed by atoms with van der Waals surface area (Å²) in [6, 6.07) is 17.1. The molecule has 0 atom stereocenters. The van der Waals surface area contributed by atoms with Gasteiger partial charge in [-0.25, -0.2) is 4.98 Å². The first-order chi connectivity index (χ1) is 14.6. The molecule has 0 fully saturated rings. The van der Waals surface area contributed by atoms with Gasteiger partial charge in [0.15, 0.2) is 11.5 Å². The first-order valence-corrected chi connectivity index (χ1v) is 9.54. The summed E-state index contributed by atoms with van der Waals surface area (Å²) < 4.78 is 16.8. The lowest BCUT2D eigenvalue weighted by molar-refractivity contribution is 0.1000. The quantitative estimate of drug-likeness (QED) is 0.501. The van der Waals surface area contributed by atoms with Gasteiger partial charge in [0.25, 0.3) is 0 Å². The number of hydrogen-bond donors (Lipinski definition) is 2. The zero-order valence-electron chi connectivity index (χ0n) is 17.1. The van der Waals surface area contributed by atoms with E-state index in [1.165, 1.54) is 11.8 Å². The first-order valence-electron chi connectivity index (χ1n) is 9.54. The van der Waals surface area contributed by atoms with Crippen LogP contribution in [0.15, 0.2) is 60.8 Å². The molecule has 1 aromatic heterocycles. The second-order valence-electron chi connectivity index (χ2n) is 6.58. The molecule has 30 heavy (non-hydrogen) atoms. The SMILES string of the molecule is COc1cc(Oc2ccc(C(N)=O)cn2)c(OC)cc1CNCCc1ccccc1. The van der Waals surface area contributed by atoms with Crippen molar-refractivity contribution in [1.82, 2.24) is 10.3 Å². The van der Waals surface area contributed by atoms with Gasteiger partial charge in [-0.2, -0.15) is 0 Å². The van der Waals surface area contributed by atoms with Gasteiger partial charge in [-0.3, -0.25) is 4.79 Å². The zero-order valence-corrected chi connectivity index (χ0v) is 17.1. The molecule has 2 aromatic carbocycles. The molecule has 1 amide bonds. The van der Waals surface area contributed by atoms with Gasteiger partial charge in [0.2, 0.25) is 11.8 Å². The third-order valence-corrected chi connectivity index (χ3v) is 4.55. The van der Waals surface area contributed by atoms with E-state index in [1.54, 1.807) is 32.4 Å². The summed E-state index contributed by atoms with van der Waals surface area (Å²) in [6.07, 6.45) is 2.31. The molecule has 0 aliphatic heterocycles. The Bertz CT molecular complexity index is 976. The standard InChI is InChI=1S/C23H25N3O4/c1-28-19-13-21(30-22-9-8-17(15-26-22)23(24)27)20(29-2)12-18(19)14-25-11-10-16-6-4-3-5-7-16/h3-9,12-13,15,25H,10-11,14H2,1-2H3,(H2,24,27). The third-order valence-electron chi connectivity index (χ3n) is 4.55. The number of methoxy groups -OCH3 is 2. The van der Waals surface area contributed by atoms with Gasteiger partial charge in [-0.1, -0.05) is 30.3 Å². The van der Waals surface area contributed by atoms with Crippen LogP contribution in [0.5, 0.6) is 23.1 Å². The number of carbonyl (C=O) groups excluding carboxylic acids is 1. The number of carbonyl (C=O) groups is 1. The second kappa shape index (κ2) is 10.3. The maximum atomic E-state index is 11.2. The Morgan fingerprint density at radius 3 is 2.40 bits per heavy atom. The van der Waals surface area contributed by atoms with Crippen molar-refractivity contribution in [3.63, 3.8) is 0 Å². The number of nitrogens with zero attached hydrogens (tertiary/aromatic N) is 1. The van der Waals surface area contributed by atoms with E-state index in [0.29, 0.717) is 35.2 Å². The van der Waals surface area contributed by atoms with Gasteiger partial charge in [0.05, 0.1) is 19.8 Å². The highest BCUT2D eigenvalue weighted by molar-refractivity contribution is 5.92. The summed E-state index contributed by atoms with van der Waals surface area (Å²) in [5.74, 6) is 1.46. The maximum Gasteiger partial charge on any atom is 0.250 e. The number of aromatic nitrogens is 1. The molecule has 0 aliphatic carbocycles. The fourth-order valence-corrected chi connectivity index (χ4v) is 2.95. The van der Waals surface area contributed by atoms with Crippen molar-refractivity contribution in [3.05, 3.63) is 77.5 Å². The monoisotopic (exact) mass is 407 g/mol. The van der Waals surface area contributed by atoms with E-state index < -0.39 is 5.91 Å². The number of pyridine rings is 1. The number of nitrogens with one attached hydrogen (secondary N) is 1. The fraction of sp³-hybridized carbons (Fsp3) is 0.217. The van der Waals surface area contributed by atoms with Crippen LogP contribution in [-0.2, 0) is 13.0 Å². The average molecular weight is 407 g/mol. The lowest BCUT2D eigenvalue weighted by Crippen LogP contribution is -2.17. The Morgan fingerprint density at radius 1 is 1.00 bits per heavy atom. The second-order valence-corrected chi connectivity index (χ2v) is 6.58. The number of benzene rings is 2. The Kier molecular flexibility index (Phi) is 7.24. The molecule has 1 heterocycles. The van der Waals surface area contributed by atoms with Gasteiger partial charge in [0, 0.05) is 30.4 Å². The van der Waals surface area contributed by atoms with Crippen LogP contribution >= 0.6 is 0 Å². The Labute approximate surface area is 175 Å². The minimum atomic E-state index is -0.544. The maximum absolute atomic E-state index is 11.2. The molecule has 7 heteroatoms. The molecule has 3 aromatic rings. The van der Waals surface area contributed by atoms with Crippen molar-refractivity contribution in [3.8, 4) is 23.1 Å². The molecule has 0 saturated heterocycles. The Morgan fingerprint density at radius 2 is 1.77 bits per heavy atom. The van der Waals surface area contributed by atoms with Gasteiger partial charge >= 0.3 is 0 Å². The van der Waals surface area contributed by atoms with Crippen molar-refractivity contribution in [2.75, 3.05) is 20.8 Å². The summed E-state index contributed by atoms with van der Waals surface area (Å²) >= 11 is 0. The van der Waals surface area contributed by atoms with Crippen LogP contribution in [0, 0.1) is 0 Å². The first kappa shape index (κ1) is 21.1. The van der Waals surface area contributed by atoms with Crippen LogP contribution in [0.4, 0.5) is 0 Å². The molecule has 7 nitrogen and oxygen atoms in total. The molecular formula is C23H25N3O4. The van der Waals surface area contributed by atoms with Crippen LogP contribution in [0.3, 0.4) is 0 Å². The highest BCUT2D eigenvalue weighted by Gasteiger charge is 2.14. The molecule has 3 rings (SSSR count). The normalized spacial score (nSPS) is 10.5. The smallest absolute Gasteiger partial charge is 0.250 e. The number of nitrogens with two attached hydrogens (primary N) is 1. The zero-order chi connectivity index (χ0) is 21.3.